The van der Waals surface area contributed by atoms with E-state index in [1.54, 1.807) is 6.07 Å². The lowest BCUT2D eigenvalue weighted by atomic mass is 10.00. The molecule has 2 rings (SSSR count). The summed E-state index contributed by atoms with van der Waals surface area (Å²) in [5.41, 5.74) is 1.85. The molecular weight excluding hydrogens is 194 g/mol. The molecule has 1 aliphatic rings. The smallest absolute Gasteiger partial charge is 0.200 e. The van der Waals surface area contributed by atoms with Gasteiger partial charge in [0.2, 0.25) is 5.75 Å². The minimum absolute atomic E-state index is 0.142. The van der Waals surface area contributed by atoms with Crippen molar-refractivity contribution in [1.29, 1.82) is 0 Å². The topological polar surface area (TPSA) is 52.7 Å². The van der Waals surface area contributed by atoms with Crippen molar-refractivity contribution in [3.63, 3.8) is 0 Å². The molecule has 2 N–H and O–H groups in total. The van der Waals surface area contributed by atoms with Gasteiger partial charge in [0, 0.05) is 17.5 Å². The van der Waals surface area contributed by atoms with Crippen LogP contribution in [0.5, 0.6) is 17.2 Å². The number of phenolic OH excluding ortho intramolecular Hbond substituents is 2. The monoisotopic (exact) mass is 208 g/mol. The van der Waals surface area contributed by atoms with Crippen LogP contribution in [0.2, 0.25) is 0 Å². The molecule has 0 unspecified atom stereocenters. The fourth-order valence-electron chi connectivity index (χ4n) is 1.88. The summed E-state index contributed by atoms with van der Waals surface area (Å²) in [6, 6.07) is 1.56. The summed E-state index contributed by atoms with van der Waals surface area (Å²) in [6.07, 6.45) is 2.74. The van der Waals surface area contributed by atoms with Gasteiger partial charge in [-0.2, -0.15) is 0 Å². The first-order chi connectivity index (χ1) is 7.13. The van der Waals surface area contributed by atoms with Gasteiger partial charge in [-0.05, 0) is 6.07 Å². The van der Waals surface area contributed by atoms with Crippen molar-refractivity contribution in [2.24, 2.45) is 0 Å². The molecule has 0 saturated heterocycles. The van der Waals surface area contributed by atoms with Gasteiger partial charge in [-0.15, -0.1) is 0 Å². The highest BCUT2D eigenvalue weighted by molar-refractivity contribution is 5.83. The minimum atomic E-state index is -0.172. The summed E-state index contributed by atoms with van der Waals surface area (Å²) < 4.78 is 7.15. The van der Waals surface area contributed by atoms with Crippen molar-refractivity contribution in [2.75, 3.05) is 20.7 Å². The molecule has 0 spiro atoms. The van der Waals surface area contributed by atoms with E-state index in [4.69, 9.17) is 4.74 Å². The third-order valence-corrected chi connectivity index (χ3v) is 2.65. The largest absolute Gasteiger partial charge is 0.504 e. The quantitative estimate of drug-likeness (QED) is 0.528. The SMILES string of the molecule is COc1c(O)c(O)cc2c1CC[N+](C)=C2. The number of nitrogens with zero attached hydrogens (tertiary/aromatic N) is 1. The summed E-state index contributed by atoms with van der Waals surface area (Å²) in [5, 5.41) is 19.1. The van der Waals surface area contributed by atoms with Crippen LogP contribution in [0.3, 0.4) is 0 Å². The van der Waals surface area contributed by atoms with Gasteiger partial charge in [0.15, 0.2) is 17.7 Å². The lowest BCUT2D eigenvalue weighted by Gasteiger charge is -2.15. The molecule has 15 heavy (non-hydrogen) atoms. The summed E-state index contributed by atoms with van der Waals surface area (Å²) in [6.45, 7) is 0.883. The van der Waals surface area contributed by atoms with Gasteiger partial charge in [-0.25, -0.2) is 4.58 Å². The molecule has 80 valence electrons. The lowest BCUT2D eigenvalue weighted by molar-refractivity contribution is -0.493. The highest BCUT2D eigenvalue weighted by atomic mass is 16.5. The van der Waals surface area contributed by atoms with E-state index in [2.05, 4.69) is 0 Å². The van der Waals surface area contributed by atoms with Crippen LogP contribution < -0.4 is 4.74 Å². The van der Waals surface area contributed by atoms with Crippen LogP contribution in [-0.2, 0) is 6.42 Å². The Balaban J connectivity index is 2.66. The second-order valence-corrected chi connectivity index (χ2v) is 3.71. The average Bonchev–Trinajstić information content (AvgIpc) is 2.20. The molecule has 0 radical (unpaired) electrons. The van der Waals surface area contributed by atoms with Gasteiger partial charge in [-0.1, -0.05) is 0 Å². The standard InChI is InChI=1S/C11H13NO3/c1-12-4-3-8-7(6-12)5-9(13)10(14)11(8)15-2/h5-6,13H,3-4H2,1-2H3/p+1. The first-order valence-corrected chi connectivity index (χ1v) is 4.80. The second-order valence-electron chi connectivity index (χ2n) is 3.71. The van der Waals surface area contributed by atoms with Crippen LogP contribution in [-0.4, -0.2) is 41.7 Å². The third kappa shape index (κ3) is 1.52. The maximum Gasteiger partial charge on any atom is 0.200 e. The Kier molecular flexibility index (Phi) is 2.26. The van der Waals surface area contributed by atoms with E-state index in [-0.39, 0.29) is 11.5 Å². The van der Waals surface area contributed by atoms with Crippen molar-refractivity contribution in [3.05, 3.63) is 17.2 Å². The van der Waals surface area contributed by atoms with Gasteiger partial charge in [0.1, 0.15) is 13.6 Å². The van der Waals surface area contributed by atoms with Crippen molar-refractivity contribution in [1.82, 2.24) is 0 Å². The molecule has 1 aliphatic heterocycles. The zero-order valence-corrected chi connectivity index (χ0v) is 8.82. The zero-order chi connectivity index (χ0) is 11.0. The average molecular weight is 208 g/mol. The predicted octanol–water partition coefficient (Wildman–Crippen LogP) is 0.724. The molecule has 0 aromatic heterocycles. The number of methoxy groups -OCH3 is 1. The van der Waals surface area contributed by atoms with Crippen molar-refractivity contribution < 1.29 is 19.5 Å². The fraction of sp³-hybridized carbons (Fsp3) is 0.364. The summed E-state index contributed by atoms with van der Waals surface area (Å²) in [7, 11) is 3.46. The fourth-order valence-corrected chi connectivity index (χ4v) is 1.88. The van der Waals surface area contributed by atoms with Crippen LogP contribution in [0.25, 0.3) is 0 Å². The molecule has 0 amide bonds. The maximum atomic E-state index is 9.62. The number of hydrogen-bond acceptors (Lipinski definition) is 3. The van der Waals surface area contributed by atoms with E-state index in [9.17, 15) is 10.2 Å². The predicted molar refractivity (Wildman–Crippen MR) is 56.2 cm³/mol. The van der Waals surface area contributed by atoms with Crippen molar-refractivity contribution in [2.45, 2.75) is 6.42 Å². The second kappa shape index (κ2) is 3.46. The normalized spacial score (nSPS) is 14.4. The van der Waals surface area contributed by atoms with Crippen molar-refractivity contribution >= 4 is 6.21 Å². The van der Waals surface area contributed by atoms with Crippen LogP contribution >= 0.6 is 0 Å². The van der Waals surface area contributed by atoms with Gasteiger partial charge in [0.25, 0.3) is 0 Å². The highest BCUT2D eigenvalue weighted by Crippen LogP contribution is 2.40. The van der Waals surface area contributed by atoms with Crippen LogP contribution in [0.15, 0.2) is 6.07 Å². The number of likely N-dealkylation sites (N-methyl/N-ethyl adjacent to an activating group) is 1. The summed E-state index contributed by atoms with van der Waals surface area (Å²) in [4.78, 5) is 0. The Hall–Kier alpha value is -1.71. The number of hydrogen-bond donors (Lipinski definition) is 2. The molecular formula is C11H14NO3+. The van der Waals surface area contributed by atoms with E-state index in [1.807, 2.05) is 17.8 Å². The molecule has 0 fully saturated rings. The summed E-state index contributed by atoms with van der Waals surface area (Å²) >= 11 is 0. The number of phenols is 2. The molecule has 1 heterocycles. The molecule has 0 aliphatic carbocycles. The first kappa shape index (κ1) is 9.83. The minimum Gasteiger partial charge on any atom is -0.504 e. The molecule has 0 atom stereocenters. The molecule has 0 saturated carbocycles. The van der Waals surface area contributed by atoms with E-state index in [1.165, 1.54) is 7.11 Å². The number of rotatable bonds is 1. The Labute approximate surface area is 88.1 Å². The molecule has 1 aromatic rings. The Morgan fingerprint density at radius 2 is 2.13 bits per heavy atom. The maximum absolute atomic E-state index is 9.62. The highest BCUT2D eigenvalue weighted by Gasteiger charge is 2.22. The number of fused-ring (bicyclic) bond motifs is 1. The lowest BCUT2D eigenvalue weighted by Crippen LogP contribution is -2.19. The number of ether oxygens (including phenoxy) is 1. The van der Waals surface area contributed by atoms with Gasteiger partial charge in [0.05, 0.1) is 7.11 Å². The zero-order valence-electron chi connectivity index (χ0n) is 8.82. The Bertz CT molecular complexity index is 438. The molecule has 4 nitrogen and oxygen atoms in total. The van der Waals surface area contributed by atoms with Gasteiger partial charge in [-0.3, -0.25) is 0 Å². The van der Waals surface area contributed by atoms with Gasteiger partial charge < -0.3 is 14.9 Å². The Morgan fingerprint density at radius 1 is 1.40 bits per heavy atom. The van der Waals surface area contributed by atoms with Crippen LogP contribution in [0.1, 0.15) is 11.1 Å². The summed E-state index contributed by atoms with van der Waals surface area (Å²) in [5.74, 6) is 0.0701. The van der Waals surface area contributed by atoms with E-state index >= 15 is 0 Å². The van der Waals surface area contributed by atoms with Crippen molar-refractivity contribution in [3.8, 4) is 17.2 Å². The van der Waals surface area contributed by atoms with Crippen LogP contribution in [0.4, 0.5) is 0 Å². The first-order valence-electron chi connectivity index (χ1n) is 4.80. The van der Waals surface area contributed by atoms with E-state index < -0.39 is 0 Å². The molecule has 0 bridgehead atoms. The molecule has 4 heteroatoms. The molecule has 1 aromatic carbocycles. The van der Waals surface area contributed by atoms with Crippen LogP contribution in [0, 0.1) is 0 Å². The van der Waals surface area contributed by atoms with E-state index in [0.29, 0.717) is 5.75 Å². The van der Waals surface area contributed by atoms with Gasteiger partial charge >= 0.3 is 0 Å². The number of aromatic hydroxyl groups is 2. The third-order valence-electron chi connectivity index (χ3n) is 2.65. The van der Waals surface area contributed by atoms with E-state index in [0.717, 1.165) is 24.1 Å². The Morgan fingerprint density at radius 3 is 2.80 bits per heavy atom. The number of benzene rings is 1.